The Balaban J connectivity index is 2.36. The molecule has 1 atom stereocenters. The van der Waals surface area contributed by atoms with Gasteiger partial charge in [0.25, 0.3) is 0 Å². The largest absolute Gasteiger partial charge is 0.313 e. The molecule has 1 N–H and O–H groups in total. The zero-order chi connectivity index (χ0) is 14.8. The van der Waals surface area contributed by atoms with Gasteiger partial charge in [0.05, 0.1) is 0 Å². The lowest BCUT2D eigenvalue weighted by Crippen LogP contribution is -2.32. The fourth-order valence-corrected chi connectivity index (χ4v) is 3.20. The summed E-state index contributed by atoms with van der Waals surface area (Å²) in [6.07, 6.45) is 5.21. The molecule has 0 bridgehead atoms. The maximum atomic E-state index is 3.70. The molecular formula is C18H31NS. The van der Waals surface area contributed by atoms with Crippen LogP contribution < -0.4 is 5.32 Å². The topological polar surface area (TPSA) is 12.0 Å². The van der Waals surface area contributed by atoms with Crippen LogP contribution in [-0.2, 0) is 0 Å². The summed E-state index contributed by atoms with van der Waals surface area (Å²) in [7, 11) is 0. The van der Waals surface area contributed by atoms with Gasteiger partial charge in [0.1, 0.15) is 0 Å². The number of benzene rings is 1. The van der Waals surface area contributed by atoms with Crippen molar-refractivity contribution in [3.63, 3.8) is 0 Å². The van der Waals surface area contributed by atoms with Crippen LogP contribution in [0, 0.1) is 12.8 Å². The van der Waals surface area contributed by atoms with Crippen LogP contribution >= 0.6 is 11.8 Å². The van der Waals surface area contributed by atoms with Gasteiger partial charge in [-0.05, 0) is 44.4 Å². The van der Waals surface area contributed by atoms with Crippen LogP contribution in [0.2, 0.25) is 0 Å². The van der Waals surface area contributed by atoms with Gasteiger partial charge in [-0.2, -0.15) is 0 Å². The van der Waals surface area contributed by atoms with E-state index >= 15 is 0 Å². The van der Waals surface area contributed by atoms with Gasteiger partial charge in [-0.3, -0.25) is 0 Å². The molecule has 114 valence electrons. The minimum atomic E-state index is 0.653. The molecule has 0 aliphatic carbocycles. The molecule has 1 unspecified atom stereocenters. The van der Waals surface area contributed by atoms with Crippen LogP contribution in [0.3, 0.4) is 0 Å². The first-order chi connectivity index (χ1) is 9.61. The fraction of sp³-hybridized carbons (Fsp3) is 0.667. The van der Waals surface area contributed by atoms with Gasteiger partial charge >= 0.3 is 0 Å². The van der Waals surface area contributed by atoms with Crippen molar-refractivity contribution in [3.05, 3.63) is 29.8 Å². The predicted molar refractivity (Wildman–Crippen MR) is 92.7 cm³/mol. The summed E-state index contributed by atoms with van der Waals surface area (Å²) in [6.45, 7) is 10.2. The summed E-state index contributed by atoms with van der Waals surface area (Å²) >= 11 is 1.98. The van der Waals surface area contributed by atoms with Crippen LogP contribution in [0.4, 0.5) is 0 Å². The number of thioether (sulfide) groups is 1. The molecule has 2 heteroatoms. The van der Waals surface area contributed by atoms with E-state index in [0.717, 1.165) is 12.5 Å². The molecule has 0 saturated heterocycles. The third kappa shape index (κ3) is 7.96. The predicted octanol–water partition coefficient (Wildman–Crippen LogP) is 5.28. The Hall–Kier alpha value is -0.470. The first-order valence-electron chi connectivity index (χ1n) is 8.04. The van der Waals surface area contributed by atoms with Crippen LogP contribution in [0.15, 0.2) is 29.2 Å². The minimum Gasteiger partial charge on any atom is -0.313 e. The van der Waals surface area contributed by atoms with Crippen molar-refractivity contribution in [2.24, 2.45) is 5.92 Å². The van der Waals surface area contributed by atoms with Gasteiger partial charge in [0.15, 0.2) is 0 Å². The second kappa shape index (κ2) is 10.3. The average Bonchev–Trinajstić information content (AvgIpc) is 2.42. The molecule has 0 amide bonds. The first kappa shape index (κ1) is 17.6. The van der Waals surface area contributed by atoms with Crippen LogP contribution in [0.1, 0.15) is 52.0 Å². The van der Waals surface area contributed by atoms with E-state index in [1.165, 1.54) is 41.9 Å². The Morgan fingerprint density at radius 3 is 2.40 bits per heavy atom. The van der Waals surface area contributed by atoms with Gasteiger partial charge in [-0.25, -0.2) is 0 Å². The van der Waals surface area contributed by atoms with Gasteiger partial charge < -0.3 is 5.32 Å². The summed E-state index contributed by atoms with van der Waals surface area (Å²) in [6, 6.07) is 9.54. The molecule has 0 aromatic heterocycles. The smallest absolute Gasteiger partial charge is 0.0161 e. The zero-order valence-corrected chi connectivity index (χ0v) is 14.4. The lowest BCUT2D eigenvalue weighted by molar-refractivity contribution is 0.462. The van der Waals surface area contributed by atoms with Crippen molar-refractivity contribution in [2.45, 2.75) is 64.3 Å². The summed E-state index contributed by atoms with van der Waals surface area (Å²) in [5.74, 6) is 2.01. The SMILES string of the molecule is CCCNC(CCCC(C)C)CSc1ccc(C)cc1. The standard InChI is InChI=1S/C18H31NS/c1-5-13-19-17(8-6-7-15(2)3)14-20-18-11-9-16(4)10-12-18/h9-12,15,17,19H,5-8,13-14H2,1-4H3. The van der Waals surface area contributed by atoms with Crippen molar-refractivity contribution >= 4 is 11.8 Å². The molecule has 0 aliphatic heterocycles. The minimum absolute atomic E-state index is 0.653. The summed E-state index contributed by atoms with van der Waals surface area (Å²) in [5, 5.41) is 3.70. The van der Waals surface area contributed by atoms with Crippen molar-refractivity contribution < 1.29 is 0 Å². The van der Waals surface area contributed by atoms with E-state index in [-0.39, 0.29) is 0 Å². The number of aryl methyl sites for hydroxylation is 1. The second-order valence-electron chi connectivity index (χ2n) is 6.10. The highest BCUT2D eigenvalue weighted by Crippen LogP contribution is 2.21. The Morgan fingerprint density at radius 1 is 1.10 bits per heavy atom. The Morgan fingerprint density at radius 2 is 1.80 bits per heavy atom. The molecule has 1 rings (SSSR count). The monoisotopic (exact) mass is 293 g/mol. The highest BCUT2D eigenvalue weighted by molar-refractivity contribution is 7.99. The molecule has 0 radical (unpaired) electrons. The van der Waals surface area contributed by atoms with Crippen LogP contribution in [0.5, 0.6) is 0 Å². The maximum Gasteiger partial charge on any atom is 0.0161 e. The van der Waals surface area contributed by atoms with Crippen molar-refractivity contribution in [3.8, 4) is 0 Å². The van der Waals surface area contributed by atoms with E-state index in [1.807, 2.05) is 11.8 Å². The highest BCUT2D eigenvalue weighted by Gasteiger charge is 2.09. The van der Waals surface area contributed by atoms with E-state index in [9.17, 15) is 0 Å². The molecule has 0 spiro atoms. The molecule has 20 heavy (non-hydrogen) atoms. The summed E-state index contributed by atoms with van der Waals surface area (Å²) in [5.41, 5.74) is 1.34. The zero-order valence-electron chi connectivity index (χ0n) is 13.6. The van der Waals surface area contributed by atoms with Gasteiger partial charge in [0.2, 0.25) is 0 Å². The van der Waals surface area contributed by atoms with E-state index in [0.29, 0.717) is 6.04 Å². The molecule has 0 saturated carbocycles. The highest BCUT2D eigenvalue weighted by atomic mass is 32.2. The van der Waals surface area contributed by atoms with E-state index in [2.05, 4.69) is 57.3 Å². The molecule has 0 heterocycles. The fourth-order valence-electron chi connectivity index (χ4n) is 2.20. The molecule has 1 nitrogen and oxygen atoms in total. The Bertz CT molecular complexity index is 345. The summed E-state index contributed by atoms with van der Waals surface area (Å²) < 4.78 is 0. The van der Waals surface area contributed by atoms with E-state index < -0.39 is 0 Å². The lowest BCUT2D eigenvalue weighted by Gasteiger charge is -2.18. The normalized spacial score (nSPS) is 12.8. The van der Waals surface area contributed by atoms with Gasteiger partial charge in [0, 0.05) is 16.7 Å². The molecule has 0 aliphatic rings. The van der Waals surface area contributed by atoms with Crippen LogP contribution in [-0.4, -0.2) is 18.3 Å². The lowest BCUT2D eigenvalue weighted by atomic mass is 10.0. The molecular weight excluding hydrogens is 262 g/mol. The Kier molecular flexibility index (Phi) is 9.04. The number of nitrogens with one attached hydrogen (secondary N) is 1. The molecule has 1 aromatic carbocycles. The van der Waals surface area contributed by atoms with E-state index in [1.54, 1.807) is 0 Å². The van der Waals surface area contributed by atoms with Gasteiger partial charge in [-0.15, -0.1) is 11.8 Å². The third-order valence-corrected chi connectivity index (χ3v) is 4.66. The third-order valence-electron chi connectivity index (χ3n) is 3.49. The number of hydrogen-bond acceptors (Lipinski definition) is 2. The number of rotatable bonds is 10. The van der Waals surface area contributed by atoms with Crippen molar-refractivity contribution in [1.29, 1.82) is 0 Å². The van der Waals surface area contributed by atoms with Crippen molar-refractivity contribution in [2.75, 3.05) is 12.3 Å². The van der Waals surface area contributed by atoms with Gasteiger partial charge in [-0.1, -0.05) is 51.3 Å². The molecule has 1 aromatic rings. The maximum absolute atomic E-state index is 3.70. The quantitative estimate of drug-likeness (QED) is 0.589. The summed E-state index contributed by atoms with van der Waals surface area (Å²) in [4.78, 5) is 1.39. The first-order valence-corrected chi connectivity index (χ1v) is 9.03. The average molecular weight is 294 g/mol. The molecule has 0 fully saturated rings. The van der Waals surface area contributed by atoms with Crippen molar-refractivity contribution in [1.82, 2.24) is 5.32 Å². The Labute approximate surface area is 129 Å². The van der Waals surface area contributed by atoms with Crippen LogP contribution in [0.25, 0.3) is 0 Å². The second-order valence-corrected chi connectivity index (χ2v) is 7.19. The van der Waals surface area contributed by atoms with E-state index in [4.69, 9.17) is 0 Å². The number of hydrogen-bond donors (Lipinski definition) is 1.